The predicted molar refractivity (Wildman–Crippen MR) is 492 cm³/mol. The first-order valence-electron chi connectivity index (χ1n) is 45.8. The number of rotatable bonds is 8. The lowest BCUT2D eigenvalue weighted by Gasteiger charge is -2.47. The van der Waals surface area contributed by atoms with Gasteiger partial charge in [0.2, 0.25) is 0 Å². The summed E-state index contributed by atoms with van der Waals surface area (Å²) in [6.45, 7) is 40.4. The summed E-state index contributed by atoms with van der Waals surface area (Å²) in [6, 6.07) is 80.2. The van der Waals surface area contributed by atoms with Crippen LogP contribution >= 0.6 is 0 Å². The summed E-state index contributed by atoms with van der Waals surface area (Å²) in [4.78, 5) is 7.57. The molecule has 19 rings (SSSR count). The number of fused-ring (bicyclic) bond motifs is 11. The molecule has 0 saturated carbocycles. The summed E-state index contributed by atoms with van der Waals surface area (Å²) in [7, 11) is 0. The zero-order valence-corrected chi connectivity index (χ0v) is 69.4. The molecule has 5 aliphatic rings. The second-order valence-corrected chi connectivity index (χ2v) is 38.6. The molecule has 14 aromatic carbocycles. The molecule has 0 saturated heterocycles. The average Bonchev–Trinajstić information content (AvgIpc) is 1.64. The van der Waals surface area contributed by atoms with Gasteiger partial charge in [0.05, 0.1) is 24.8 Å². The van der Waals surface area contributed by atoms with E-state index in [2.05, 4.69) is 333 Å². The number of benzene rings is 14. The molecule has 4 aliphatic heterocycles. The molecule has 14 aromatic rings. The molecular weight excluding hydrogens is 1390 g/mol. The van der Waals surface area contributed by atoms with Crippen LogP contribution in [0, 0.1) is 0 Å². The molecule has 4 heterocycles. The van der Waals surface area contributed by atoms with E-state index in [0.29, 0.717) is 44.9 Å². The van der Waals surface area contributed by atoms with E-state index in [0.717, 1.165) is 117 Å². The molecule has 0 bridgehead atoms. The second-order valence-electron chi connectivity index (χ2n) is 38.6. The first kappa shape index (κ1) is 62.8. The highest BCUT2D eigenvalue weighted by atomic mass is 16.5. The number of nitrogens with zero attached hydrogens (tertiary/aromatic N) is 3. The van der Waals surface area contributed by atoms with Gasteiger partial charge in [-0.1, -0.05) is 343 Å². The van der Waals surface area contributed by atoms with Crippen LogP contribution in [0.2, 0.25) is 0 Å². The van der Waals surface area contributed by atoms with Crippen LogP contribution < -0.4 is 52.2 Å². The van der Waals surface area contributed by atoms with Crippen LogP contribution in [0.1, 0.15) is 194 Å². The summed E-state index contributed by atoms with van der Waals surface area (Å²) < 4.78 is 105. The smallest absolute Gasteiger partial charge is 0.256 e. The van der Waals surface area contributed by atoms with Crippen LogP contribution in [0.25, 0.3) is 44.5 Å². The Kier molecular flexibility index (Phi) is 14.3. The molecule has 0 aromatic heterocycles. The van der Waals surface area contributed by atoms with Crippen LogP contribution in [0.5, 0.6) is 11.5 Å². The maximum absolute atomic E-state index is 10.2. The van der Waals surface area contributed by atoms with E-state index >= 15 is 0 Å². The molecule has 0 radical (unpaired) electrons. The van der Waals surface area contributed by atoms with Gasteiger partial charge >= 0.3 is 0 Å². The Hall–Kier alpha value is -11.6. The van der Waals surface area contributed by atoms with Crippen molar-refractivity contribution in [3.63, 3.8) is 0 Å². The SMILES string of the molecule is [2H]c1c([2H])c([2H])c(C2(c3c([2H])c([2H])c([2H])c([2H])c3[2H])c3ccccc3-c3cccc(-c4cc5c6c(c4)N(c4cc(C(C)(C)C)cc(C(C)(C)C)c4)c4ccccc4B6c4cc6c(cc4O5)N(c4cc(C(C)(C)C)cc(C(C)(C)C)c4)c4cc(C(C)(C)C)cc5c4B6c4ccccc4N5c4c(-c5ccccc5)cc(C(C)(C)C)cc4-c4ccccc4)c32)c([2H])c1[2H]. The molecule has 0 N–H and O–H groups in total. The Balaban J connectivity index is 0.949. The fourth-order valence-electron chi connectivity index (χ4n) is 18.8. The number of hydrogen-bond donors (Lipinski definition) is 0. The highest BCUT2D eigenvalue weighted by Crippen LogP contribution is 2.61. The highest BCUT2D eigenvalue weighted by molar-refractivity contribution is 7.02. The standard InChI is InChI=1S/C109H103B2N3O/c1-103(2,3)73-56-74(104(4,5)6)59-79(58-73)112-91-52-35-33-50-87(91)111-90-66-89-93(67-97(90)115-98-55-70(54-94(112)101(98)111)81-47-37-48-83-82-46-31-32-49-86(82)109(99(81)83,71-42-27-21-28-43-71)72-44-29-22-30-45-72)113(80-60-75(105(7,8)9)57-76(61-80)106(10,11)12)95-64-78(108(16,17)18)65-96-100(95)110(89)88-51-34-36-53-92(88)114(96)102-84(68-38-23-19-24-39-68)62-77(107(13,14)15)63-85(102)69-40-25-20-26-41-69/h19-67H,1-18H3/i21D,22D,27D,28D,29D,30D,42D,43D,44D,45D. The van der Waals surface area contributed by atoms with Gasteiger partial charge in [-0.25, -0.2) is 0 Å². The third-order valence-corrected chi connectivity index (χ3v) is 24.9. The van der Waals surface area contributed by atoms with E-state index in [1.807, 2.05) is 36.4 Å². The minimum atomic E-state index is -2.16. The molecule has 1 aliphatic carbocycles. The maximum atomic E-state index is 10.2. The second kappa shape index (κ2) is 26.2. The van der Waals surface area contributed by atoms with Gasteiger partial charge in [-0.2, -0.15) is 0 Å². The first-order valence-corrected chi connectivity index (χ1v) is 40.8. The van der Waals surface area contributed by atoms with Crippen LogP contribution in [-0.2, 0) is 37.9 Å². The quantitative estimate of drug-likeness (QED) is 0.141. The molecule has 6 heteroatoms. The Bertz CT molecular complexity index is 6680. The van der Waals surface area contributed by atoms with Crippen molar-refractivity contribution in [3.05, 3.63) is 353 Å². The maximum Gasteiger partial charge on any atom is 0.256 e. The van der Waals surface area contributed by atoms with Crippen molar-refractivity contribution in [3.8, 4) is 56.0 Å². The molecule has 0 amide bonds. The Morgan fingerprint density at radius 3 is 1.21 bits per heavy atom. The van der Waals surface area contributed by atoms with E-state index in [1.165, 1.54) is 22.2 Å². The van der Waals surface area contributed by atoms with Gasteiger partial charge in [-0.05, 0) is 227 Å². The number of hydrogen-bond acceptors (Lipinski definition) is 4. The van der Waals surface area contributed by atoms with Gasteiger partial charge in [0.1, 0.15) is 11.5 Å². The van der Waals surface area contributed by atoms with Crippen molar-refractivity contribution >= 4 is 97.4 Å². The normalized spacial score (nSPS) is 15.6. The van der Waals surface area contributed by atoms with Crippen LogP contribution in [0.15, 0.2) is 297 Å². The van der Waals surface area contributed by atoms with E-state index in [4.69, 9.17) is 7.48 Å². The van der Waals surface area contributed by atoms with Gasteiger partial charge in [0, 0.05) is 62.7 Å². The first-order chi connectivity index (χ1) is 59.0. The Labute approximate surface area is 697 Å². The van der Waals surface area contributed by atoms with Gasteiger partial charge < -0.3 is 19.4 Å². The van der Waals surface area contributed by atoms with Gasteiger partial charge in [-0.3, -0.25) is 0 Å². The molecular formula is C109H103B2N3O. The third kappa shape index (κ3) is 11.8. The van der Waals surface area contributed by atoms with Crippen molar-refractivity contribution in [1.82, 2.24) is 0 Å². The van der Waals surface area contributed by atoms with E-state index in [9.17, 15) is 11.0 Å². The molecule has 115 heavy (non-hydrogen) atoms. The lowest BCUT2D eigenvalue weighted by molar-refractivity contribution is 0.488. The lowest BCUT2D eigenvalue weighted by atomic mass is 9.30. The molecule has 4 nitrogen and oxygen atoms in total. The molecule has 0 spiro atoms. The van der Waals surface area contributed by atoms with E-state index < -0.39 is 72.6 Å². The van der Waals surface area contributed by atoms with Gasteiger partial charge in [-0.15, -0.1) is 0 Å². The summed E-state index contributed by atoms with van der Waals surface area (Å²) in [5, 5.41) is 0. The minimum absolute atomic E-state index is 0.223. The number of para-hydroxylation sites is 2. The Morgan fingerprint density at radius 2 is 0.696 bits per heavy atom. The van der Waals surface area contributed by atoms with Crippen molar-refractivity contribution in [2.24, 2.45) is 0 Å². The van der Waals surface area contributed by atoms with Crippen LogP contribution in [0.4, 0.5) is 51.2 Å². The molecule has 0 unspecified atom stereocenters. The largest absolute Gasteiger partial charge is 0.458 e. The third-order valence-electron chi connectivity index (χ3n) is 24.9. The summed E-state index contributed by atoms with van der Waals surface area (Å²) >= 11 is 0. The minimum Gasteiger partial charge on any atom is -0.458 e. The monoisotopic (exact) mass is 1500 g/mol. The zero-order chi connectivity index (χ0) is 88.7. The molecule has 0 atom stereocenters. The van der Waals surface area contributed by atoms with Crippen molar-refractivity contribution in [2.45, 2.75) is 163 Å². The van der Waals surface area contributed by atoms with E-state index in [-0.39, 0.29) is 50.3 Å². The fraction of sp³-hybridized carbons (Fsp3) is 0.229. The lowest BCUT2D eigenvalue weighted by Crippen LogP contribution is -2.64. The zero-order valence-electron chi connectivity index (χ0n) is 79.4. The predicted octanol–water partition coefficient (Wildman–Crippen LogP) is 25.3. The number of ether oxygens (including phenoxy) is 1. The van der Waals surface area contributed by atoms with Gasteiger partial charge in [0.25, 0.3) is 13.4 Å². The molecule has 566 valence electrons. The summed E-state index contributed by atoms with van der Waals surface area (Å²) in [5.41, 5.74) is 25.5. The topological polar surface area (TPSA) is 19.0 Å². The van der Waals surface area contributed by atoms with Crippen LogP contribution in [-0.4, -0.2) is 13.4 Å². The summed E-state index contributed by atoms with van der Waals surface area (Å²) in [5.74, 6) is 1.19. The van der Waals surface area contributed by atoms with E-state index in [1.54, 1.807) is 6.07 Å². The summed E-state index contributed by atoms with van der Waals surface area (Å²) in [6.07, 6.45) is 0. The molecule has 0 fully saturated rings. The Morgan fingerprint density at radius 1 is 0.287 bits per heavy atom. The van der Waals surface area contributed by atoms with Crippen molar-refractivity contribution in [2.75, 3.05) is 14.7 Å². The average molecular weight is 1500 g/mol. The highest BCUT2D eigenvalue weighted by Gasteiger charge is 2.52. The van der Waals surface area contributed by atoms with Crippen LogP contribution in [0.3, 0.4) is 0 Å². The van der Waals surface area contributed by atoms with Gasteiger partial charge in [0.15, 0.2) is 0 Å². The van der Waals surface area contributed by atoms with Crippen molar-refractivity contribution < 1.29 is 18.4 Å². The number of anilines is 9. The van der Waals surface area contributed by atoms with Crippen molar-refractivity contribution in [1.29, 1.82) is 0 Å². The fourth-order valence-corrected chi connectivity index (χ4v) is 18.8.